The fourth-order valence-corrected chi connectivity index (χ4v) is 3.53. The van der Waals surface area contributed by atoms with Crippen molar-refractivity contribution in [2.24, 2.45) is 0 Å². The molecule has 1 saturated heterocycles. The summed E-state index contributed by atoms with van der Waals surface area (Å²) in [5.41, 5.74) is 1.69. The second-order valence-corrected chi connectivity index (χ2v) is 7.61. The molecular formula is C21H22BrN3O3. The monoisotopic (exact) mass is 443 g/mol. The molecule has 7 heteroatoms. The Morgan fingerprint density at radius 3 is 2.54 bits per heavy atom. The minimum Gasteiger partial charge on any atom is -0.493 e. The number of methoxy groups -OCH3 is 1. The Labute approximate surface area is 172 Å². The molecule has 0 amide bonds. The van der Waals surface area contributed by atoms with Gasteiger partial charge in [-0.3, -0.25) is 4.90 Å². The molecule has 0 spiro atoms. The maximum absolute atomic E-state index is 5.93. The van der Waals surface area contributed by atoms with E-state index in [9.17, 15) is 0 Å². The van der Waals surface area contributed by atoms with E-state index in [4.69, 9.17) is 14.0 Å². The molecule has 1 aromatic heterocycles. The van der Waals surface area contributed by atoms with Crippen LogP contribution in [0.1, 0.15) is 12.8 Å². The molecule has 1 aliphatic heterocycles. The van der Waals surface area contributed by atoms with Gasteiger partial charge in [0.05, 0.1) is 7.11 Å². The summed E-state index contributed by atoms with van der Waals surface area (Å²) in [4.78, 5) is 6.92. The van der Waals surface area contributed by atoms with Crippen molar-refractivity contribution < 1.29 is 14.0 Å². The van der Waals surface area contributed by atoms with Gasteiger partial charge in [-0.1, -0.05) is 21.1 Å². The first-order chi connectivity index (χ1) is 13.7. The third-order valence-corrected chi connectivity index (χ3v) is 5.33. The number of hydrogen-bond acceptors (Lipinski definition) is 6. The van der Waals surface area contributed by atoms with Gasteiger partial charge in [0, 0.05) is 22.1 Å². The lowest BCUT2D eigenvalue weighted by molar-refractivity contribution is 0.230. The Balaban J connectivity index is 1.47. The summed E-state index contributed by atoms with van der Waals surface area (Å²) < 4.78 is 17.9. The first-order valence-electron chi connectivity index (χ1n) is 9.36. The molecule has 0 unspecified atom stereocenters. The lowest BCUT2D eigenvalue weighted by Crippen LogP contribution is -2.25. The van der Waals surface area contributed by atoms with E-state index in [0.717, 1.165) is 41.0 Å². The van der Waals surface area contributed by atoms with Crippen LogP contribution in [0.2, 0.25) is 0 Å². The highest BCUT2D eigenvalue weighted by molar-refractivity contribution is 9.10. The van der Waals surface area contributed by atoms with Gasteiger partial charge in [-0.25, -0.2) is 0 Å². The summed E-state index contributed by atoms with van der Waals surface area (Å²) in [7, 11) is 1.63. The second-order valence-electron chi connectivity index (χ2n) is 6.69. The van der Waals surface area contributed by atoms with Crippen molar-refractivity contribution in [1.29, 1.82) is 0 Å². The molecule has 6 nitrogen and oxygen atoms in total. The zero-order valence-electron chi connectivity index (χ0n) is 15.7. The van der Waals surface area contributed by atoms with Crippen molar-refractivity contribution in [1.82, 2.24) is 15.0 Å². The van der Waals surface area contributed by atoms with Crippen LogP contribution in [0.25, 0.3) is 22.8 Å². The molecule has 0 radical (unpaired) electrons. The molecule has 0 bridgehead atoms. The Morgan fingerprint density at radius 2 is 1.79 bits per heavy atom. The predicted molar refractivity (Wildman–Crippen MR) is 111 cm³/mol. The first-order valence-corrected chi connectivity index (χ1v) is 10.2. The highest BCUT2D eigenvalue weighted by atomic mass is 79.9. The molecule has 2 heterocycles. The number of ether oxygens (including phenoxy) is 2. The minimum absolute atomic E-state index is 0.479. The van der Waals surface area contributed by atoms with Crippen LogP contribution in [0.15, 0.2) is 51.5 Å². The van der Waals surface area contributed by atoms with Crippen molar-refractivity contribution in [2.45, 2.75) is 12.8 Å². The van der Waals surface area contributed by atoms with Crippen LogP contribution < -0.4 is 9.47 Å². The maximum Gasteiger partial charge on any atom is 0.258 e. The molecule has 1 aliphatic rings. The second kappa shape index (κ2) is 8.75. The summed E-state index contributed by atoms with van der Waals surface area (Å²) in [5.74, 6) is 2.38. The summed E-state index contributed by atoms with van der Waals surface area (Å²) in [6.07, 6.45) is 2.57. The fourth-order valence-electron chi connectivity index (χ4n) is 3.27. The van der Waals surface area contributed by atoms with Crippen molar-refractivity contribution in [3.8, 4) is 34.3 Å². The lowest BCUT2D eigenvalue weighted by Gasteiger charge is -2.16. The number of hydrogen-bond donors (Lipinski definition) is 0. The van der Waals surface area contributed by atoms with Crippen LogP contribution in [-0.4, -0.2) is 48.4 Å². The van der Waals surface area contributed by atoms with E-state index in [0.29, 0.717) is 24.1 Å². The molecule has 3 aromatic rings. The number of aromatic nitrogens is 2. The van der Waals surface area contributed by atoms with E-state index >= 15 is 0 Å². The Kier molecular flexibility index (Phi) is 5.92. The SMILES string of the molecule is COc1cc(-c2noc(-c3ccc(Br)cc3)n2)ccc1OCCN1CCCC1. The molecule has 4 rings (SSSR count). The molecule has 2 aromatic carbocycles. The van der Waals surface area contributed by atoms with Crippen molar-refractivity contribution in [2.75, 3.05) is 33.4 Å². The Morgan fingerprint density at radius 1 is 1.04 bits per heavy atom. The summed E-state index contributed by atoms with van der Waals surface area (Å²) >= 11 is 3.42. The minimum atomic E-state index is 0.479. The summed E-state index contributed by atoms with van der Waals surface area (Å²) in [6, 6.07) is 13.4. The molecule has 0 aliphatic carbocycles. The quantitative estimate of drug-likeness (QED) is 0.529. The van der Waals surface area contributed by atoms with Gasteiger partial charge in [0.1, 0.15) is 6.61 Å². The summed E-state index contributed by atoms with van der Waals surface area (Å²) in [6.45, 7) is 3.91. The molecule has 0 atom stereocenters. The highest BCUT2D eigenvalue weighted by Crippen LogP contribution is 2.32. The number of likely N-dealkylation sites (tertiary alicyclic amines) is 1. The molecular weight excluding hydrogens is 422 g/mol. The van der Waals surface area contributed by atoms with Gasteiger partial charge in [-0.2, -0.15) is 4.98 Å². The average molecular weight is 444 g/mol. The summed E-state index contributed by atoms with van der Waals surface area (Å²) in [5, 5.41) is 4.10. The van der Waals surface area contributed by atoms with E-state index in [1.165, 1.54) is 12.8 Å². The van der Waals surface area contributed by atoms with Crippen molar-refractivity contribution >= 4 is 15.9 Å². The average Bonchev–Trinajstić information content (AvgIpc) is 3.41. The highest BCUT2D eigenvalue weighted by Gasteiger charge is 2.15. The molecule has 0 saturated carbocycles. The topological polar surface area (TPSA) is 60.6 Å². The van der Waals surface area contributed by atoms with E-state index in [2.05, 4.69) is 31.0 Å². The van der Waals surface area contributed by atoms with Crippen LogP contribution in [0.5, 0.6) is 11.5 Å². The van der Waals surface area contributed by atoms with Gasteiger partial charge in [-0.05, 0) is 68.4 Å². The van der Waals surface area contributed by atoms with Crippen LogP contribution >= 0.6 is 15.9 Å². The van der Waals surface area contributed by atoms with Crippen LogP contribution in [0.3, 0.4) is 0 Å². The Bertz CT molecular complexity index is 921. The van der Waals surface area contributed by atoms with E-state index in [-0.39, 0.29) is 0 Å². The normalized spacial score (nSPS) is 14.4. The largest absolute Gasteiger partial charge is 0.493 e. The van der Waals surface area contributed by atoms with Crippen LogP contribution in [0, 0.1) is 0 Å². The lowest BCUT2D eigenvalue weighted by atomic mass is 10.2. The number of benzene rings is 2. The van der Waals surface area contributed by atoms with E-state index < -0.39 is 0 Å². The number of nitrogens with zero attached hydrogens (tertiary/aromatic N) is 3. The zero-order valence-corrected chi connectivity index (χ0v) is 17.3. The van der Waals surface area contributed by atoms with E-state index in [1.807, 2.05) is 42.5 Å². The maximum atomic E-state index is 5.93. The van der Waals surface area contributed by atoms with Crippen LogP contribution in [0.4, 0.5) is 0 Å². The predicted octanol–water partition coefficient (Wildman–Crippen LogP) is 4.65. The number of halogens is 1. The number of rotatable bonds is 7. The van der Waals surface area contributed by atoms with Crippen molar-refractivity contribution in [3.63, 3.8) is 0 Å². The van der Waals surface area contributed by atoms with Gasteiger partial charge < -0.3 is 14.0 Å². The molecule has 1 fully saturated rings. The van der Waals surface area contributed by atoms with E-state index in [1.54, 1.807) is 7.11 Å². The smallest absolute Gasteiger partial charge is 0.258 e. The first kappa shape index (κ1) is 19.0. The Hall–Kier alpha value is -2.38. The fraction of sp³-hybridized carbons (Fsp3) is 0.333. The van der Waals surface area contributed by atoms with Gasteiger partial charge in [-0.15, -0.1) is 0 Å². The zero-order chi connectivity index (χ0) is 19.3. The molecule has 28 heavy (non-hydrogen) atoms. The van der Waals surface area contributed by atoms with Gasteiger partial charge in [0.25, 0.3) is 5.89 Å². The molecule has 0 N–H and O–H groups in total. The van der Waals surface area contributed by atoms with Gasteiger partial charge >= 0.3 is 0 Å². The molecule has 146 valence electrons. The van der Waals surface area contributed by atoms with Crippen LogP contribution in [-0.2, 0) is 0 Å². The van der Waals surface area contributed by atoms with Gasteiger partial charge in [0.15, 0.2) is 11.5 Å². The van der Waals surface area contributed by atoms with Crippen molar-refractivity contribution in [3.05, 3.63) is 46.9 Å². The third-order valence-electron chi connectivity index (χ3n) is 4.80. The van der Waals surface area contributed by atoms with Gasteiger partial charge in [0.2, 0.25) is 5.82 Å². The standard InChI is InChI=1S/C21H22BrN3O3/c1-26-19-14-16(6-9-18(19)27-13-12-25-10-2-3-11-25)20-23-21(28-24-20)15-4-7-17(22)8-5-15/h4-9,14H,2-3,10-13H2,1H3. The third kappa shape index (κ3) is 4.36.